The van der Waals surface area contributed by atoms with E-state index in [1.165, 1.54) is 17.4 Å². The maximum atomic E-state index is 13.5. The van der Waals surface area contributed by atoms with E-state index in [4.69, 9.17) is 10.9 Å². The Morgan fingerprint density at radius 2 is 1.97 bits per heavy atom. The number of sulfonamides is 2. The molecule has 36 heavy (non-hydrogen) atoms. The van der Waals surface area contributed by atoms with E-state index in [1.54, 1.807) is 18.2 Å². The lowest BCUT2D eigenvalue weighted by Gasteiger charge is -2.27. The molecule has 1 unspecified atom stereocenters. The Kier molecular flexibility index (Phi) is 6.02. The predicted molar refractivity (Wildman–Crippen MR) is 132 cm³/mol. The first-order valence-corrected chi connectivity index (χ1v) is 14.3. The van der Waals surface area contributed by atoms with E-state index < -0.39 is 42.0 Å². The first kappa shape index (κ1) is 24.6. The second-order valence-corrected chi connectivity index (χ2v) is 12.5. The van der Waals surface area contributed by atoms with E-state index >= 15 is 0 Å². The van der Waals surface area contributed by atoms with Gasteiger partial charge in [-0.25, -0.2) is 36.8 Å². The number of benzene rings is 2. The van der Waals surface area contributed by atoms with E-state index in [-0.39, 0.29) is 23.5 Å². The number of aromatic amines is 1. The number of H-pyrrole nitrogens is 1. The second kappa shape index (κ2) is 8.80. The van der Waals surface area contributed by atoms with Crippen LogP contribution in [0.1, 0.15) is 6.42 Å². The summed E-state index contributed by atoms with van der Waals surface area (Å²) in [6.45, 7) is 0.144. The van der Waals surface area contributed by atoms with Crippen molar-refractivity contribution < 1.29 is 21.9 Å². The van der Waals surface area contributed by atoms with Crippen molar-refractivity contribution in [3.05, 3.63) is 30.3 Å². The summed E-state index contributed by atoms with van der Waals surface area (Å²) in [5.41, 5.74) is 5.77. The smallest absolute Gasteiger partial charge is 0.242 e. The topological polar surface area (TPSA) is 232 Å². The van der Waals surface area contributed by atoms with Gasteiger partial charge in [0.05, 0.1) is 27.9 Å². The molecular formula is C19H21N9O5S3. The molecule has 8 N–H and O–H groups in total. The molecule has 14 nitrogen and oxygen atoms in total. The number of nitrogen functional groups attached to an aromatic ring is 1. The summed E-state index contributed by atoms with van der Waals surface area (Å²) in [5, 5.41) is 32.2. The van der Waals surface area contributed by atoms with Crippen LogP contribution < -0.4 is 20.9 Å². The lowest BCUT2D eigenvalue weighted by atomic mass is 9.98. The number of fused-ring (bicyclic) bond motifs is 1. The van der Waals surface area contributed by atoms with Gasteiger partial charge in [-0.15, -0.1) is 5.10 Å². The Bertz CT molecular complexity index is 1660. The Balaban J connectivity index is 1.82. The highest BCUT2D eigenvalue weighted by Crippen LogP contribution is 2.42. The summed E-state index contributed by atoms with van der Waals surface area (Å²) in [6.07, 6.45) is 0.303. The van der Waals surface area contributed by atoms with Crippen molar-refractivity contribution in [1.82, 2.24) is 35.6 Å². The molecule has 2 aromatic carbocycles. The summed E-state index contributed by atoms with van der Waals surface area (Å²) in [6, 6.07) is 7.81. The highest BCUT2D eigenvalue weighted by Gasteiger charge is 2.40. The summed E-state index contributed by atoms with van der Waals surface area (Å²) in [7, 11) is -9.17. The summed E-state index contributed by atoms with van der Waals surface area (Å²) in [4.78, 5) is 3.04. The van der Waals surface area contributed by atoms with Crippen molar-refractivity contribution >= 4 is 46.7 Å². The van der Waals surface area contributed by atoms with E-state index in [0.29, 0.717) is 29.2 Å². The van der Waals surface area contributed by atoms with Gasteiger partial charge >= 0.3 is 0 Å². The average Bonchev–Trinajstić information content (AvgIpc) is 3.58. The SMILES string of the molecule is Nc1nc2c(-c3ccc(S(=O)(=O)NC4(CO)CCNC4)c(S(N)(=O)=O)c3-c3nnn[nH]3)cccc2s1. The van der Waals surface area contributed by atoms with Crippen LogP contribution in [0.5, 0.6) is 0 Å². The van der Waals surface area contributed by atoms with Crippen LogP contribution in [0.3, 0.4) is 0 Å². The number of hydrogen-bond donors (Lipinski definition) is 6. The minimum absolute atomic E-state index is 0.120. The van der Waals surface area contributed by atoms with Gasteiger partial charge in [0.25, 0.3) is 0 Å². The van der Waals surface area contributed by atoms with Crippen molar-refractivity contribution in [2.24, 2.45) is 5.14 Å². The third-order valence-corrected chi connectivity index (χ3v) is 9.49. The molecule has 1 saturated heterocycles. The number of rotatable bonds is 7. The quantitative estimate of drug-likeness (QED) is 0.169. The van der Waals surface area contributed by atoms with Crippen LogP contribution in [0.4, 0.5) is 5.13 Å². The van der Waals surface area contributed by atoms with Gasteiger partial charge in [0.2, 0.25) is 20.0 Å². The van der Waals surface area contributed by atoms with Crippen molar-refractivity contribution in [2.45, 2.75) is 21.8 Å². The molecule has 0 bridgehead atoms. The van der Waals surface area contributed by atoms with Crippen molar-refractivity contribution in [3.63, 3.8) is 0 Å². The van der Waals surface area contributed by atoms with Gasteiger partial charge < -0.3 is 16.2 Å². The van der Waals surface area contributed by atoms with Crippen LogP contribution in [0, 0.1) is 0 Å². The zero-order valence-corrected chi connectivity index (χ0v) is 20.9. The zero-order valence-electron chi connectivity index (χ0n) is 18.5. The second-order valence-electron chi connectivity index (χ2n) is 8.29. The van der Waals surface area contributed by atoms with Gasteiger partial charge in [0, 0.05) is 12.1 Å². The fourth-order valence-corrected chi connectivity index (χ4v) is 8.09. The van der Waals surface area contributed by atoms with Gasteiger partial charge in [-0.1, -0.05) is 29.5 Å². The normalized spacial score (nSPS) is 18.7. The Labute approximate surface area is 209 Å². The lowest BCUT2D eigenvalue weighted by molar-refractivity contribution is 0.195. The number of nitrogens with zero attached hydrogens (tertiary/aromatic N) is 4. The Morgan fingerprint density at radius 3 is 2.61 bits per heavy atom. The van der Waals surface area contributed by atoms with Crippen molar-refractivity contribution in [2.75, 3.05) is 25.4 Å². The van der Waals surface area contributed by atoms with E-state index in [9.17, 15) is 21.9 Å². The molecular weight excluding hydrogens is 530 g/mol. The highest BCUT2D eigenvalue weighted by molar-refractivity contribution is 7.92. The molecule has 1 aliphatic rings. The molecule has 3 heterocycles. The predicted octanol–water partition coefficient (Wildman–Crippen LogP) is -0.624. The molecule has 0 amide bonds. The molecule has 0 spiro atoms. The zero-order chi connectivity index (χ0) is 25.7. The summed E-state index contributed by atoms with van der Waals surface area (Å²) in [5.74, 6) is -0.120. The highest BCUT2D eigenvalue weighted by atomic mass is 32.2. The summed E-state index contributed by atoms with van der Waals surface area (Å²) >= 11 is 1.24. The first-order valence-electron chi connectivity index (χ1n) is 10.5. The number of primary sulfonamides is 1. The molecule has 5 rings (SSSR count). The third-order valence-electron chi connectivity index (χ3n) is 5.90. The number of aromatic nitrogens is 5. The molecule has 190 valence electrons. The minimum Gasteiger partial charge on any atom is -0.394 e. The van der Waals surface area contributed by atoms with Crippen LogP contribution >= 0.6 is 11.3 Å². The van der Waals surface area contributed by atoms with Gasteiger partial charge in [0.15, 0.2) is 11.0 Å². The van der Waals surface area contributed by atoms with Gasteiger partial charge in [0.1, 0.15) is 9.79 Å². The average molecular weight is 552 g/mol. The number of nitrogens with one attached hydrogen (secondary N) is 3. The van der Waals surface area contributed by atoms with Crippen LogP contribution in [0.25, 0.3) is 32.7 Å². The number of para-hydroxylation sites is 1. The Morgan fingerprint density at radius 1 is 1.17 bits per heavy atom. The van der Waals surface area contributed by atoms with Gasteiger partial charge in [-0.2, -0.15) is 0 Å². The number of thiazole rings is 1. The molecule has 0 saturated carbocycles. The third kappa shape index (κ3) is 4.23. The number of aliphatic hydroxyl groups excluding tert-OH is 1. The Hall–Kier alpha value is -3.06. The molecule has 0 radical (unpaired) electrons. The maximum absolute atomic E-state index is 13.5. The fourth-order valence-electron chi connectivity index (χ4n) is 4.30. The molecule has 4 aromatic rings. The maximum Gasteiger partial charge on any atom is 0.242 e. The van der Waals surface area contributed by atoms with Gasteiger partial charge in [-0.3, -0.25) is 0 Å². The standard InChI is InChI=1S/C19H21N9O5S3/c20-18-23-15-11(2-1-3-12(15)34-18)10-4-5-13(36(32,33)26-19(9-29)6-7-22-8-19)16(35(21,30)31)14(10)17-24-27-28-25-17/h1-5,22,26,29H,6-9H2,(H2,20,23)(H2,21,30,31)(H,24,25,27,28). The van der Waals surface area contributed by atoms with Crippen molar-refractivity contribution in [3.8, 4) is 22.5 Å². The van der Waals surface area contributed by atoms with Crippen molar-refractivity contribution in [1.29, 1.82) is 0 Å². The summed E-state index contributed by atoms with van der Waals surface area (Å²) < 4.78 is 56.2. The van der Waals surface area contributed by atoms with Crippen LogP contribution in [0.15, 0.2) is 40.1 Å². The van der Waals surface area contributed by atoms with Crippen LogP contribution in [-0.2, 0) is 20.0 Å². The first-order chi connectivity index (χ1) is 17.0. The van der Waals surface area contributed by atoms with Crippen LogP contribution in [-0.4, -0.2) is 72.8 Å². The molecule has 2 aromatic heterocycles. The number of hydrogen-bond acceptors (Lipinski definition) is 12. The van der Waals surface area contributed by atoms with E-state index in [0.717, 1.165) is 10.8 Å². The van der Waals surface area contributed by atoms with E-state index in [1.807, 2.05) is 0 Å². The molecule has 1 fully saturated rings. The molecule has 1 atom stereocenters. The number of aliphatic hydroxyl groups is 1. The number of nitrogens with two attached hydrogens (primary N) is 2. The fraction of sp³-hybridized carbons (Fsp3) is 0.263. The van der Waals surface area contributed by atoms with E-state index in [2.05, 4.69) is 35.6 Å². The van der Waals surface area contributed by atoms with Gasteiger partial charge in [-0.05, 0) is 41.1 Å². The number of tetrazole rings is 1. The largest absolute Gasteiger partial charge is 0.394 e. The lowest BCUT2D eigenvalue weighted by Crippen LogP contribution is -2.53. The van der Waals surface area contributed by atoms with Crippen LogP contribution in [0.2, 0.25) is 0 Å². The molecule has 0 aliphatic carbocycles. The monoisotopic (exact) mass is 551 g/mol. The number of anilines is 1. The molecule has 1 aliphatic heterocycles. The minimum atomic E-state index is -4.67. The molecule has 17 heteroatoms.